The van der Waals surface area contributed by atoms with E-state index in [-0.39, 0.29) is 18.4 Å². The standard InChI is InChI=1S/C13H20N2O2S/c1-9(2)12-14-11(8-18-12)13(17)15-5-3-4-10(6-15)7-16/h8-10,16H,3-7H2,1-2H3. The second-order valence-corrected chi connectivity index (χ2v) is 6.06. The number of carbonyl (C=O) groups is 1. The number of hydrogen-bond donors (Lipinski definition) is 1. The van der Waals surface area contributed by atoms with Gasteiger partial charge in [-0.1, -0.05) is 13.8 Å². The fraction of sp³-hybridized carbons (Fsp3) is 0.692. The van der Waals surface area contributed by atoms with E-state index in [4.69, 9.17) is 0 Å². The highest BCUT2D eigenvalue weighted by molar-refractivity contribution is 7.09. The monoisotopic (exact) mass is 268 g/mol. The Labute approximate surface area is 112 Å². The number of aliphatic hydroxyl groups excluding tert-OH is 1. The molecule has 1 amide bonds. The number of aromatic nitrogens is 1. The molecule has 1 atom stereocenters. The molecule has 1 aliphatic heterocycles. The van der Waals surface area contributed by atoms with Gasteiger partial charge in [0.05, 0.1) is 5.01 Å². The van der Waals surface area contributed by atoms with E-state index in [2.05, 4.69) is 18.8 Å². The molecule has 1 aliphatic rings. The summed E-state index contributed by atoms with van der Waals surface area (Å²) in [7, 11) is 0. The highest BCUT2D eigenvalue weighted by Gasteiger charge is 2.25. The van der Waals surface area contributed by atoms with Gasteiger partial charge in [-0.2, -0.15) is 0 Å². The molecule has 0 spiro atoms. The Balaban J connectivity index is 2.05. The van der Waals surface area contributed by atoms with Crippen LogP contribution >= 0.6 is 11.3 Å². The van der Waals surface area contributed by atoms with E-state index in [1.165, 1.54) is 0 Å². The SMILES string of the molecule is CC(C)c1nc(C(=O)N2CCCC(CO)C2)cs1. The molecule has 5 heteroatoms. The minimum absolute atomic E-state index is 0.0105. The second kappa shape index (κ2) is 5.80. The summed E-state index contributed by atoms with van der Waals surface area (Å²) < 4.78 is 0. The first-order valence-corrected chi connectivity index (χ1v) is 7.35. The fourth-order valence-electron chi connectivity index (χ4n) is 2.21. The molecule has 0 radical (unpaired) electrons. The van der Waals surface area contributed by atoms with Crippen molar-refractivity contribution in [2.45, 2.75) is 32.6 Å². The van der Waals surface area contributed by atoms with Crippen LogP contribution in [-0.2, 0) is 0 Å². The van der Waals surface area contributed by atoms with Crippen LogP contribution in [0.15, 0.2) is 5.38 Å². The molecular weight excluding hydrogens is 248 g/mol. The smallest absolute Gasteiger partial charge is 0.273 e. The van der Waals surface area contributed by atoms with Crippen LogP contribution in [0, 0.1) is 5.92 Å². The van der Waals surface area contributed by atoms with Gasteiger partial charge in [0.15, 0.2) is 0 Å². The van der Waals surface area contributed by atoms with Gasteiger partial charge in [-0.15, -0.1) is 11.3 Å². The molecule has 18 heavy (non-hydrogen) atoms. The molecule has 1 fully saturated rings. The molecule has 1 aromatic heterocycles. The molecule has 1 N–H and O–H groups in total. The van der Waals surface area contributed by atoms with Gasteiger partial charge in [-0.25, -0.2) is 4.98 Å². The molecular formula is C13H20N2O2S. The molecule has 1 aromatic rings. The van der Waals surface area contributed by atoms with E-state index in [0.29, 0.717) is 18.2 Å². The number of thiazole rings is 1. The van der Waals surface area contributed by atoms with Crippen molar-refractivity contribution >= 4 is 17.2 Å². The summed E-state index contributed by atoms with van der Waals surface area (Å²) in [5.74, 6) is 0.602. The Kier molecular flexibility index (Phi) is 4.35. The molecule has 1 unspecified atom stereocenters. The largest absolute Gasteiger partial charge is 0.396 e. The van der Waals surface area contributed by atoms with Crippen LogP contribution in [-0.4, -0.2) is 40.6 Å². The molecule has 1 saturated heterocycles. The number of hydrogen-bond acceptors (Lipinski definition) is 4. The molecule has 0 aromatic carbocycles. The third-order valence-electron chi connectivity index (χ3n) is 3.30. The number of likely N-dealkylation sites (tertiary alicyclic amines) is 1. The van der Waals surface area contributed by atoms with Crippen molar-refractivity contribution in [2.75, 3.05) is 19.7 Å². The first-order chi connectivity index (χ1) is 8.61. The van der Waals surface area contributed by atoms with Gasteiger partial charge >= 0.3 is 0 Å². The number of nitrogens with zero attached hydrogens (tertiary/aromatic N) is 2. The Bertz CT molecular complexity index is 417. The van der Waals surface area contributed by atoms with Crippen molar-refractivity contribution < 1.29 is 9.90 Å². The zero-order valence-corrected chi connectivity index (χ0v) is 11.7. The highest BCUT2D eigenvalue weighted by Crippen LogP contribution is 2.22. The topological polar surface area (TPSA) is 53.4 Å². The zero-order valence-electron chi connectivity index (χ0n) is 10.9. The van der Waals surface area contributed by atoms with Crippen LogP contribution in [0.1, 0.15) is 48.1 Å². The van der Waals surface area contributed by atoms with Gasteiger partial charge in [0.2, 0.25) is 0 Å². The minimum Gasteiger partial charge on any atom is -0.396 e. The normalized spacial score (nSPS) is 20.4. The lowest BCUT2D eigenvalue weighted by Crippen LogP contribution is -2.41. The molecule has 2 heterocycles. The lowest BCUT2D eigenvalue weighted by Gasteiger charge is -2.31. The lowest BCUT2D eigenvalue weighted by molar-refractivity contribution is 0.0615. The number of amides is 1. The summed E-state index contributed by atoms with van der Waals surface area (Å²) in [6, 6.07) is 0. The molecule has 4 nitrogen and oxygen atoms in total. The third-order valence-corrected chi connectivity index (χ3v) is 4.44. The van der Waals surface area contributed by atoms with Crippen molar-refractivity contribution in [1.29, 1.82) is 0 Å². The van der Waals surface area contributed by atoms with Crippen molar-refractivity contribution in [1.82, 2.24) is 9.88 Å². The maximum atomic E-state index is 12.3. The van der Waals surface area contributed by atoms with E-state index < -0.39 is 0 Å². The van der Waals surface area contributed by atoms with Gasteiger partial charge in [0.1, 0.15) is 5.69 Å². The van der Waals surface area contributed by atoms with Crippen molar-refractivity contribution in [3.05, 3.63) is 16.1 Å². The van der Waals surface area contributed by atoms with Crippen LogP contribution in [0.5, 0.6) is 0 Å². The first kappa shape index (κ1) is 13.5. The number of carbonyl (C=O) groups excluding carboxylic acids is 1. The maximum Gasteiger partial charge on any atom is 0.273 e. The molecule has 100 valence electrons. The Morgan fingerprint density at radius 1 is 1.67 bits per heavy atom. The van der Waals surface area contributed by atoms with Crippen LogP contribution in [0.4, 0.5) is 0 Å². The van der Waals surface area contributed by atoms with Gasteiger partial charge in [0, 0.05) is 31.0 Å². The summed E-state index contributed by atoms with van der Waals surface area (Å²) in [5.41, 5.74) is 0.558. The molecule has 2 rings (SSSR count). The lowest BCUT2D eigenvalue weighted by atomic mass is 9.99. The molecule has 0 bridgehead atoms. The summed E-state index contributed by atoms with van der Waals surface area (Å²) in [6.45, 7) is 5.76. The Hall–Kier alpha value is -0.940. The minimum atomic E-state index is 0.0105. The van der Waals surface area contributed by atoms with Crippen LogP contribution in [0.2, 0.25) is 0 Å². The highest BCUT2D eigenvalue weighted by atomic mass is 32.1. The van der Waals surface area contributed by atoms with Crippen molar-refractivity contribution in [2.24, 2.45) is 5.92 Å². The maximum absolute atomic E-state index is 12.3. The van der Waals surface area contributed by atoms with E-state index in [0.717, 1.165) is 24.4 Å². The van der Waals surface area contributed by atoms with Gasteiger partial charge in [-0.3, -0.25) is 4.79 Å². The van der Waals surface area contributed by atoms with Crippen LogP contribution in [0.25, 0.3) is 0 Å². The average Bonchev–Trinajstić information content (AvgIpc) is 2.87. The van der Waals surface area contributed by atoms with Gasteiger partial charge in [-0.05, 0) is 18.8 Å². The summed E-state index contributed by atoms with van der Waals surface area (Å²) in [5, 5.41) is 12.0. The van der Waals surface area contributed by atoms with E-state index in [1.54, 1.807) is 11.3 Å². The predicted octanol–water partition coefficient (Wildman–Crippen LogP) is 2.11. The first-order valence-electron chi connectivity index (χ1n) is 6.47. The number of aliphatic hydroxyl groups is 1. The zero-order chi connectivity index (χ0) is 13.1. The molecule has 0 aliphatic carbocycles. The van der Waals surface area contributed by atoms with Gasteiger partial charge < -0.3 is 10.0 Å². The number of rotatable bonds is 3. The summed E-state index contributed by atoms with van der Waals surface area (Å²) in [4.78, 5) is 18.5. The van der Waals surface area contributed by atoms with Crippen LogP contribution < -0.4 is 0 Å². The van der Waals surface area contributed by atoms with Crippen LogP contribution in [0.3, 0.4) is 0 Å². The Morgan fingerprint density at radius 3 is 3.06 bits per heavy atom. The second-order valence-electron chi connectivity index (χ2n) is 5.17. The summed E-state index contributed by atoms with van der Waals surface area (Å²) in [6.07, 6.45) is 1.98. The van der Waals surface area contributed by atoms with E-state index >= 15 is 0 Å². The number of piperidine rings is 1. The quantitative estimate of drug-likeness (QED) is 0.913. The fourth-order valence-corrected chi connectivity index (χ4v) is 3.02. The van der Waals surface area contributed by atoms with Gasteiger partial charge in [0.25, 0.3) is 5.91 Å². The van der Waals surface area contributed by atoms with Crippen molar-refractivity contribution in [3.63, 3.8) is 0 Å². The Morgan fingerprint density at radius 2 is 2.44 bits per heavy atom. The van der Waals surface area contributed by atoms with E-state index in [1.807, 2.05) is 10.3 Å². The van der Waals surface area contributed by atoms with Crippen molar-refractivity contribution in [3.8, 4) is 0 Å². The molecule has 0 saturated carbocycles. The predicted molar refractivity (Wildman–Crippen MR) is 71.9 cm³/mol. The summed E-state index contributed by atoms with van der Waals surface area (Å²) >= 11 is 1.55. The third kappa shape index (κ3) is 2.90. The van der Waals surface area contributed by atoms with E-state index in [9.17, 15) is 9.90 Å². The average molecular weight is 268 g/mol.